The van der Waals surface area contributed by atoms with Crippen LogP contribution in [0.5, 0.6) is 0 Å². The normalized spacial score (nSPS) is 11.1. The maximum Gasteiger partial charge on any atom is 0.337 e. The Morgan fingerprint density at radius 3 is 2.67 bits per heavy atom. The molecular formula is C19H19BrN2O2. The van der Waals surface area contributed by atoms with Crippen molar-refractivity contribution in [2.75, 3.05) is 0 Å². The first-order valence-electron chi connectivity index (χ1n) is 8.07. The zero-order valence-electron chi connectivity index (χ0n) is 13.5. The van der Waals surface area contributed by atoms with Crippen LogP contribution in [0.1, 0.15) is 46.9 Å². The first-order chi connectivity index (χ1) is 11.6. The molecule has 0 saturated heterocycles. The number of nitrogens with zero attached hydrogens (tertiary/aromatic N) is 2. The minimum Gasteiger partial charge on any atom is -0.478 e. The first kappa shape index (κ1) is 16.7. The molecule has 0 spiro atoms. The molecule has 0 unspecified atom stereocenters. The van der Waals surface area contributed by atoms with E-state index in [0.717, 1.165) is 40.6 Å². The van der Waals surface area contributed by atoms with E-state index in [2.05, 4.69) is 40.1 Å². The van der Waals surface area contributed by atoms with E-state index in [0.29, 0.717) is 17.5 Å². The zero-order valence-corrected chi connectivity index (χ0v) is 15.1. The van der Waals surface area contributed by atoms with Crippen LogP contribution in [0.4, 0.5) is 0 Å². The summed E-state index contributed by atoms with van der Waals surface area (Å²) in [6.07, 6.45) is 5.49. The van der Waals surface area contributed by atoms with Crippen LogP contribution in [0.3, 0.4) is 0 Å². The molecule has 0 saturated carbocycles. The van der Waals surface area contributed by atoms with E-state index in [1.54, 1.807) is 16.6 Å². The quantitative estimate of drug-likeness (QED) is 0.666. The van der Waals surface area contributed by atoms with Gasteiger partial charge in [-0.15, -0.1) is 0 Å². The third-order valence-corrected chi connectivity index (χ3v) is 4.66. The van der Waals surface area contributed by atoms with Crippen LogP contribution in [0.2, 0.25) is 0 Å². The van der Waals surface area contributed by atoms with Crippen LogP contribution in [0.15, 0.2) is 47.1 Å². The number of aromatic carboxylic acids is 1. The molecule has 24 heavy (non-hydrogen) atoms. The van der Waals surface area contributed by atoms with Gasteiger partial charge in [0.05, 0.1) is 16.8 Å². The predicted octanol–water partition coefficient (Wildman–Crippen LogP) is 4.73. The van der Waals surface area contributed by atoms with Crippen molar-refractivity contribution in [1.82, 2.24) is 9.61 Å². The number of pyridine rings is 1. The lowest BCUT2D eigenvalue weighted by molar-refractivity contribution is 0.0698. The Morgan fingerprint density at radius 2 is 2.00 bits per heavy atom. The molecular weight excluding hydrogens is 368 g/mol. The van der Waals surface area contributed by atoms with Crippen LogP contribution in [-0.4, -0.2) is 20.7 Å². The summed E-state index contributed by atoms with van der Waals surface area (Å²) < 4.78 is 2.74. The summed E-state index contributed by atoms with van der Waals surface area (Å²) in [7, 11) is 0. The molecule has 0 bridgehead atoms. The first-order valence-corrected chi connectivity index (χ1v) is 8.86. The van der Waals surface area contributed by atoms with Crippen molar-refractivity contribution < 1.29 is 9.90 Å². The van der Waals surface area contributed by atoms with Gasteiger partial charge in [-0.3, -0.25) is 0 Å². The molecule has 2 heterocycles. The molecule has 0 aliphatic heterocycles. The Labute approximate surface area is 149 Å². The largest absolute Gasteiger partial charge is 0.478 e. The number of hydrogen-bond acceptors (Lipinski definition) is 2. The van der Waals surface area contributed by atoms with Crippen LogP contribution in [0.25, 0.3) is 5.52 Å². The average molecular weight is 387 g/mol. The van der Waals surface area contributed by atoms with Gasteiger partial charge in [0, 0.05) is 22.7 Å². The number of hydrogen-bond donors (Lipinski definition) is 1. The third kappa shape index (κ3) is 3.36. The summed E-state index contributed by atoms with van der Waals surface area (Å²) in [6.45, 7) is 2.15. The summed E-state index contributed by atoms with van der Waals surface area (Å²) in [5, 5.41) is 14.2. The Bertz CT molecular complexity index is 869. The Kier molecular flexibility index (Phi) is 5.00. The van der Waals surface area contributed by atoms with Gasteiger partial charge in [-0.25, -0.2) is 9.31 Å². The number of carbonyl (C=O) groups is 1. The summed E-state index contributed by atoms with van der Waals surface area (Å²) >= 11 is 3.45. The van der Waals surface area contributed by atoms with Crippen LogP contribution in [-0.2, 0) is 12.8 Å². The van der Waals surface area contributed by atoms with Gasteiger partial charge < -0.3 is 5.11 Å². The van der Waals surface area contributed by atoms with Gasteiger partial charge in [0.25, 0.3) is 0 Å². The molecule has 3 aromatic rings. The van der Waals surface area contributed by atoms with Gasteiger partial charge in [-0.1, -0.05) is 41.4 Å². The highest BCUT2D eigenvalue weighted by molar-refractivity contribution is 9.10. The number of fused-ring (bicyclic) bond motifs is 1. The van der Waals surface area contributed by atoms with E-state index in [-0.39, 0.29) is 0 Å². The fourth-order valence-electron chi connectivity index (χ4n) is 2.92. The fraction of sp³-hybridized carbons (Fsp3) is 0.263. The number of carboxylic acid groups (broad SMARTS) is 1. The number of aromatic nitrogens is 2. The van der Waals surface area contributed by atoms with Crippen molar-refractivity contribution in [2.45, 2.75) is 32.6 Å². The number of unbranched alkanes of at least 4 members (excludes halogenated alkanes) is 1. The van der Waals surface area contributed by atoms with E-state index in [4.69, 9.17) is 0 Å². The summed E-state index contributed by atoms with van der Waals surface area (Å²) in [5.74, 6) is -0.917. The monoisotopic (exact) mass is 386 g/mol. The molecule has 0 amide bonds. The SMILES string of the molecule is CCCCc1nn2cccc(C(=O)O)c2c1Cc1ccc(Br)cc1. The average Bonchev–Trinajstić information content (AvgIpc) is 2.92. The van der Waals surface area contributed by atoms with Crippen LogP contribution < -0.4 is 0 Å². The maximum absolute atomic E-state index is 11.6. The molecule has 1 aromatic carbocycles. The molecule has 1 N–H and O–H groups in total. The standard InChI is InChI=1S/C19H19BrN2O2/c1-2-3-6-17-16(12-13-7-9-14(20)10-8-13)18-15(19(23)24)5-4-11-22(18)21-17/h4-5,7-11H,2-3,6,12H2,1H3,(H,23,24). The molecule has 4 nitrogen and oxygen atoms in total. The maximum atomic E-state index is 11.6. The smallest absolute Gasteiger partial charge is 0.337 e. The number of benzene rings is 1. The Hall–Kier alpha value is -2.14. The molecule has 2 aromatic heterocycles. The fourth-order valence-corrected chi connectivity index (χ4v) is 3.18. The molecule has 0 atom stereocenters. The minimum absolute atomic E-state index is 0.305. The van der Waals surface area contributed by atoms with Gasteiger partial charge >= 0.3 is 5.97 Å². The lowest BCUT2D eigenvalue weighted by atomic mass is 9.99. The minimum atomic E-state index is -0.917. The van der Waals surface area contributed by atoms with E-state index in [1.807, 2.05) is 18.3 Å². The Morgan fingerprint density at radius 1 is 1.25 bits per heavy atom. The molecule has 0 radical (unpaired) electrons. The lowest BCUT2D eigenvalue weighted by Crippen LogP contribution is -2.02. The van der Waals surface area contributed by atoms with Gasteiger partial charge in [-0.05, 0) is 42.7 Å². The summed E-state index contributed by atoms with van der Waals surface area (Å²) in [6, 6.07) is 11.5. The lowest BCUT2D eigenvalue weighted by Gasteiger charge is -2.06. The van der Waals surface area contributed by atoms with Gasteiger partial charge in [0.1, 0.15) is 0 Å². The van der Waals surface area contributed by atoms with E-state index < -0.39 is 5.97 Å². The Balaban J connectivity index is 2.13. The van der Waals surface area contributed by atoms with Crippen molar-refractivity contribution in [3.63, 3.8) is 0 Å². The number of carboxylic acids is 1. The van der Waals surface area contributed by atoms with Crippen molar-refractivity contribution >= 4 is 27.4 Å². The van der Waals surface area contributed by atoms with E-state index in [1.165, 1.54) is 0 Å². The van der Waals surface area contributed by atoms with E-state index in [9.17, 15) is 9.90 Å². The molecule has 0 aliphatic rings. The highest BCUT2D eigenvalue weighted by Gasteiger charge is 2.19. The molecule has 3 rings (SSSR count). The second kappa shape index (κ2) is 7.18. The molecule has 0 aliphatic carbocycles. The van der Waals surface area contributed by atoms with Gasteiger partial charge in [-0.2, -0.15) is 5.10 Å². The number of halogens is 1. The van der Waals surface area contributed by atoms with Crippen molar-refractivity contribution in [2.24, 2.45) is 0 Å². The number of aryl methyl sites for hydroxylation is 1. The van der Waals surface area contributed by atoms with Crippen molar-refractivity contribution in [1.29, 1.82) is 0 Å². The summed E-state index contributed by atoms with van der Waals surface area (Å²) in [4.78, 5) is 11.6. The summed E-state index contributed by atoms with van der Waals surface area (Å²) in [5.41, 5.74) is 4.17. The third-order valence-electron chi connectivity index (χ3n) is 4.13. The van der Waals surface area contributed by atoms with Gasteiger partial charge in [0.2, 0.25) is 0 Å². The topological polar surface area (TPSA) is 54.6 Å². The van der Waals surface area contributed by atoms with Crippen LogP contribution >= 0.6 is 15.9 Å². The highest BCUT2D eigenvalue weighted by atomic mass is 79.9. The molecule has 0 fully saturated rings. The van der Waals surface area contributed by atoms with Crippen molar-refractivity contribution in [3.8, 4) is 0 Å². The van der Waals surface area contributed by atoms with Crippen molar-refractivity contribution in [3.05, 3.63) is 69.5 Å². The second-order valence-corrected chi connectivity index (χ2v) is 6.77. The van der Waals surface area contributed by atoms with Crippen LogP contribution in [0, 0.1) is 0 Å². The second-order valence-electron chi connectivity index (χ2n) is 5.85. The predicted molar refractivity (Wildman–Crippen MR) is 97.7 cm³/mol. The van der Waals surface area contributed by atoms with E-state index >= 15 is 0 Å². The highest BCUT2D eigenvalue weighted by Crippen LogP contribution is 2.25. The molecule has 124 valence electrons. The van der Waals surface area contributed by atoms with Gasteiger partial charge in [0.15, 0.2) is 0 Å². The molecule has 5 heteroatoms. The zero-order chi connectivity index (χ0) is 17.1. The number of rotatable bonds is 6.